The number of carbonyl (C=O) groups excluding carboxylic acids is 1. The second kappa shape index (κ2) is 8.53. The molecule has 1 amide bonds. The predicted molar refractivity (Wildman–Crippen MR) is 75.2 cm³/mol. The monoisotopic (exact) mass is 265 g/mol. The van der Waals surface area contributed by atoms with E-state index in [0.717, 1.165) is 17.7 Å². The molecule has 0 aromatic heterocycles. The van der Waals surface area contributed by atoms with Crippen molar-refractivity contribution in [2.45, 2.75) is 39.2 Å². The Balaban J connectivity index is 2.19. The number of hydrogen-bond donors (Lipinski definition) is 2. The van der Waals surface area contributed by atoms with E-state index in [1.807, 2.05) is 38.1 Å². The van der Waals surface area contributed by atoms with Gasteiger partial charge in [0.25, 0.3) is 0 Å². The molecular weight excluding hydrogens is 242 g/mol. The summed E-state index contributed by atoms with van der Waals surface area (Å²) in [6.07, 6.45) is 1.46. The lowest BCUT2D eigenvalue weighted by atomic mass is 10.2. The Kier molecular flexibility index (Phi) is 6.97. The van der Waals surface area contributed by atoms with Gasteiger partial charge in [-0.2, -0.15) is 0 Å². The molecule has 1 atom stereocenters. The summed E-state index contributed by atoms with van der Waals surface area (Å²) in [5.74, 6) is 0.713. The summed E-state index contributed by atoms with van der Waals surface area (Å²) in [5, 5.41) is 12.2. The molecule has 106 valence electrons. The minimum atomic E-state index is -0.453. The van der Waals surface area contributed by atoms with E-state index in [1.165, 1.54) is 0 Å². The first-order valence-electron chi connectivity index (χ1n) is 6.76. The Labute approximate surface area is 114 Å². The summed E-state index contributed by atoms with van der Waals surface area (Å²) in [7, 11) is 0. The van der Waals surface area contributed by atoms with E-state index in [2.05, 4.69) is 5.32 Å². The van der Waals surface area contributed by atoms with Crippen molar-refractivity contribution in [3.05, 3.63) is 29.8 Å². The van der Waals surface area contributed by atoms with Gasteiger partial charge in [0.15, 0.2) is 0 Å². The first-order valence-corrected chi connectivity index (χ1v) is 6.76. The van der Waals surface area contributed by atoms with Gasteiger partial charge in [-0.05, 0) is 25.0 Å². The molecule has 19 heavy (non-hydrogen) atoms. The van der Waals surface area contributed by atoms with Crippen LogP contribution >= 0.6 is 0 Å². The number of para-hydroxylation sites is 1. The highest BCUT2D eigenvalue weighted by atomic mass is 16.5. The number of aliphatic hydroxyl groups is 1. The smallest absolute Gasteiger partial charge is 0.223 e. The van der Waals surface area contributed by atoms with Crippen molar-refractivity contribution in [1.82, 2.24) is 5.32 Å². The molecular formula is C15H23NO3. The number of rotatable bonds is 8. The van der Waals surface area contributed by atoms with Crippen molar-refractivity contribution in [1.29, 1.82) is 0 Å². The molecule has 4 nitrogen and oxygen atoms in total. The summed E-state index contributed by atoms with van der Waals surface area (Å²) in [4.78, 5) is 11.5. The third-order valence-electron chi connectivity index (χ3n) is 2.84. The lowest BCUT2D eigenvalue weighted by molar-refractivity contribution is -0.122. The van der Waals surface area contributed by atoms with Crippen LogP contribution in [0.5, 0.6) is 5.75 Å². The Hall–Kier alpha value is -1.55. The van der Waals surface area contributed by atoms with Crippen molar-refractivity contribution in [2.24, 2.45) is 0 Å². The molecule has 0 aliphatic heterocycles. The number of carbonyl (C=O) groups is 1. The van der Waals surface area contributed by atoms with Gasteiger partial charge < -0.3 is 15.2 Å². The van der Waals surface area contributed by atoms with Crippen LogP contribution in [0.4, 0.5) is 0 Å². The average molecular weight is 265 g/mol. The average Bonchev–Trinajstić information content (AvgIpc) is 2.39. The van der Waals surface area contributed by atoms with Crippen molar-refractivity contribution in [3.63, 3.8) is 0 Å². The van der Waals surface area contributed by atoms with E-state index in [0.29, 0.717) is 26.0 Å². The highest BCUT2D eigenvalue weighted by Gasteiger charge is 2.06. The number of hydrogen-bond acceptors (Lipinski definition) is 3. The minimum Gasteiger partial charge on any atom is -0.493 e. The minimum absolute atomic E-state index is 0.0938. The van der Waals surface area contributed by atoms with Crippen molar-refractivity contribution in [3.8, 4) is 5.75 Å². The zero-order valence-electron chi connectivity index (χ0n) is 11.7. The molecule has 0 aliphatic carbocycles. The zero-order valence-corrected chi connectivity index (χ0v) is 11.7. The number of aryl methyl sites for hydroxylation is 1. The maximum Gasteiger partial charge on any atom is 0.223 e. The number of ether oxygens (including phenoxy) is 1. The van der Waals surface area contributed by atoms with E-state index in [-0.39, 0.29) is 5.91 Å². The normalized spacial score (nSPS) is 11.9. The van der Waals surface area contributed by atoms with Gasteiger partial charge in [0.2, 0.25) is 5.91 Å². The summed E-state index contributed by atoms with van der Waals surface area (Å²) >= 11 is 0. The van der Waals surface area contributed by atoms with Crippen LogP contribution < -0.4 is 10.1 Å². The largest absolute Gasteiger partial charge is 0.493 e. The second-order valence-corrected chi connectivity index (χ2v) is 4.61. The van der Waals surface area contributed by atoms with Crippen LogP contribution in [0.1, 0.15) is 31.7 Å². The predicted octanol–water partition coefficient (Wildman–Crippen LogP) is 2.04. The molecule has 0 spiro atoms. The Bertz CT molecular complexity index is 393. The summed E-state index contributed by atoms with van der Waals surface area (Å²) in [5.41, 5.74) is 1.06. The number of aliphatic hydroxyl groups excluding tert-OH is 1. The highest BCUT2D eigenvalue weighted by Crippen LogP contribution is 2.16. The van der Waals surface area contributed by atoms with Crippen LogP contribution in [-0.4, -0.2) is 30.3 Å². The summed E-state index contributed by atoms with van der Waals surface area (Å²) < 4.78 is 5.54. The Morgan fingerprint density at radius 2 is 2.16 bits per heavy atom. The van der Waals surface area contributed by atoms with E-state index in [4.69, 9.17) is 4.74 Å². The third-order valence-corrected chi connectivity index (χ3v) is 2.84. The lowest BCUT2D eigenvalue weighted by Crippen LogP contribution is -2.32. The first kappa shape index (κ1) is 15.5. The molecule has 2 N–H and O–H groups in total. The van der Waals surface area contributed by atoms with Gasteiger partial charge in [-0.15, -0.1) is 0 Å². The topological polar surface area (TPSA) is 58.6 Å². The van der Waals surface area contributed by atoms with Crippen LogP contribution in [0.25, 0.3) is 0 Å². The van der Waals surface area contributed by atoms with Crippen molar-refractivity contribution in [2.75, 3.05) is 13.2 Å². The first-order chi connectivity index (χ1) is 9.13. The van der Waals surface area contributed by atoms with E-state index < -0.39 is 6.10 Å². The maximum atomic E-state index is 11.5. The third kappa shape index (κ3) is 6.25. The van der Waals surface area contributed by atoms with E-state index >= 15 is 0 Å². The molecule has 0 saturated carbocycles. The summed E-state index contributed by atoms with van der Waals surface area (Å²) in [6, 6.07) is 7.71. The van der Waals surface area contributed by atoms with Crippen LogP contribution in [0.15, 0.2) is 24.3 Å². The molecule has 0 bridgehead atoms. The molecule has 1 aromatic rings. The van der Waals surface area contributed by atoms with Gasteiger partial charge in [0, 0.05) is 6.54 Å². The molecule has 0 aliphatic rings. The molecule has 1 rings (SSSR count). The molecule has 1 unspecified atom stereocenters. The van der Waals surface area contributed by atoms with Crippen LogP contribution in [0.2, 0.25) is 0 Å². The number of amides is 1. The van der Waals surface area contributed by atoms with Gasteiger partial charge in [0.05, 0.1) is 19.1 Å². The van der Waals surface area contributed by atoms with E-state index in [1.54, 1.807) is 0 Å². The molecule has 1 aromatic carbocycles. The lowest BCUT2D eigenvalue weighted by Gasteiger charge is -2.11. The summed E-state index contributed by atoms with van der Waals surface area (Å²) in [6.45, 7) is 4.63. The van der Waals surface area contributed by atoms with Gasteiger partial charge in [-0.1, -0.05) is 31.5 Å². The van der Waals surface area contributed by atoms with Crippen molar-refractivity contribution < 1.29 is 14.6 Å². The van der Waals surface area contributed by atoms with Gasteiger partial charge >= 0.3 is 0 Å². The van der Waals surface area contributed by atoms with Crippen LogP contribution in [-0.2, 0) is 4.79 Å². The second-order valence-electron chi connectivity index (χ2n) is 4.61. The zero-order chi connectivity index (χ0) is 14.1. The highest BCUT2D eigenvalue weighted by molar-refractivity contribution is 5.76. The Morgan fingerprint density at radius 1 is 1.42 bits per heavy atom. The van der Waals surface area contributed by atoms with Gasteiger partial charge in [-0.3, -0.25) is 4.79 Å². The molecule has 0 fully saturated rings. The molecule has 4 heteroatoms. The van der Waals surface area contributed by atoms with Gasteiger partial charge in [-0.25, -0.2) is 0 Å². The van der Waals surface area contributed by atoms with E-state index in [9.17, 15) is 9.90 Å². The fourth-order valence-electron chi connectivity index (χ4n) is 1.73. The quantitative estimate of drug-likeness (QED) is 0.756. The molecule has 0 radical (unpaired) electrons. The molecule has 0 heterocycles. The van der Waals surface area contributed by atoms with Crippen LogP contribution in [0.3, 0.4) is 0 Å². The fraction of sp³-hybridized carbons (Fsp3) is 0.533. The number of nitrogens with one attached hydrogen (secondary N) is 1. The molecule has 0 saturated heterocycles. The SMILES string of the molecule is CCCC(O)CNC(=O)CCOc1ccccc1C. The fourth-order valence-corrected chi connectivity index (χ4v) is 1.73. The van der Waals surface area contributed by atoms with Crippen molar-refractivity contribution >= 4 is 5.91 Å². The standard InChI is InChI=1S/C15H23NO3/c1-3-6-13(17)11-16-15(18)9-10-19-14-8-5-4-7-12(14)2/h4-5,7-8,13,17H,3,6,9-11H2,1-2H3,(H,16,18). The van der Waals surface area contributed by atoms with Gasteiger partial charge in [0.1, 0.15) is 5.75 Å². The maximum absolute atomic E-state index is 11.5. The van der Waals surface area contributed by atoms with Crippen LogP contribution in [0, 0.1) is 6.92 Å². The Morgan fingerprint density at radius 3 is 2.84 bits per heavy atom. The number of benzene rings is 1.